The molecular weight excluding hydrogens is 352 g/mol. The van der Waals surface area contributed by atoms with E-state index in [4.69, 9.17) is 16.3 Å². The van der Waals surface area contributed by atoms with Crippen LogP contribution < -0.4 is 10.1 Å². The van der Waals surface area contributed by atoms with Gasteiger partial charge in [-0.1, -0.05) is 35.9 Å². The minimum absolute atomic E-state index is 0.0770. The van der Waals surface area contributed by atoms with E-state index in [-0.39, 0.29) is 5.69 Å². The Balaban J connectivity index is 1.56. The Morgan fingerprint density at radius 1 is 0.962 bits per heavy atom. The van der Waals surface area contributed by atoms with Gasteiger partial charge in [0.1, 0.15) is 12.4 Å². The molecule has 3 aromatic rings. The van der Waals surface area contributed by atoms with Crippen molar-refractivity contribution in [1.29, 1.82) is 0 Å². The largest absolute Gasteiger partial charge is 0.489 e. The molecule has 0 aliphatic rings. The first-order valence-corrected chi connectivity index (χ1v) is 8.42. The maximum absolute atomic E-state index is 10.7. The number of anilines is 1. The van der Waals surface area contributed by atoms with Crippen LogP contribution in [0.5, 0.6) is 5.75 Å². The number of nitro benzene ring substituents is 1. The lowest BCUT2D eigenvalue weighted by atomic mass is 10.2. The summed E-state index contributed by atoms with van der Waals surface area (Å²) in [5, 5.41) is 14.6. The Morgan fingerprint density at radius 3 is 2.38 bits per heavy atom. The van der Waals surface area contributed by atoms with Crippen molar-refractivity contribution in [3.05, 3.63) is 99.1 Å². The zero-order valence-electron chi connectivity index (χ0n) is 13.9. The van der Waals surface area contributed by atoms with Gasteiger partial charge in [0.2, 0.25) is 0 Å². The first-order valence-electron chi connectivity index (χ1n) is 8.05. The van der Waals surface area contributed by atoms with Crippen molar-refractivity contribution in [1.82, 2.24) is 0 Å². The summed E-state index contributed by atoms with van der Waals surface area (Å²) in [5.41, 5.74) is 3.00. The maximum atomic E-state index is 10.7. The van der Waals surface area contributed by atoms with E-state index >= 15 is 0 Å². The fraction of sp³-hybridized carbons (Fsp3) is 0.100. The van der Waals surface area contributed by atoms with E-state index in [1.165, 1.54) is 12.1 Å². The van der Waals surface area contributed by atoms with Crippen molar-refractivity contribution in [2.75, 3.05) is 5.32 Å². The third-order valence-corrected chi connectivity index (χ3v) is 4.04. The van der Waals surface area contributed by atoms with E-state index in [0.29, 0.717) is 18.2 Å². The van der Waals surface area contributed by atoms with E-state index in [1.807, 2.05) is 48.5 Å². The zero-order valence-corrected chi connectivity index (χ0v) is 14.6. The van der Waals surface area contributed by atoms with Crippen LogP contribution in [0.3, 0.4) is 0 Å². The summed E-state index contributed by atoms with van der Waals surface area (Å²) in [5.74, 6) is 0.781. The number of hydrogen-bond donors (Lipinski definition) is 1. The van der Waals surface area contributed by atoms with Crippen molar-refractivity contribution in [2.24, 2.45) is 0 Å². The van der Waals surface area contributed by atoms with E-state index in [1.54, 1.807) is 12.1 Å². The number of hydrogen-bond acceptors (Lipinski definition) is 4. The van der Waals surface area contributed by atoms with E-state index in [2.05, 4.69) is 5.32 Å². The van der Waals surface area contributed by atoms with E-state index < -0.39 is 4.92 Å². The second-order valence-electron chi connectivity index (χ2n) is 5.72. The molecule has 0 atom stereocenters. The second-order valence-corrected chi connectivity index (χ2v) is 6.16. The number of nitrogens with one attached hydrogen (secondary N) is 1. The van der Waals surface area contributed by atoms with Gasteiger partial charge in [-0.2, -0.15) is 0 Å². The van der Waals surface area contributed by atoms with Crippen molar-refractivity contribution >= 4 is 23.0 Å². The van der Waals surface area contributed by atoms with Gasteiger partial charge in [-0.05, 0) is 47.5 Å². The normalized spacial score (nSPS) is 10.3. The lowest BCUT2D eigenvalue weighted by Crippen LogP contribution is -2.01. The lowest BCUT2D eigenvalue weighted by molar-refractivity contribution is -0.384. The maximum Gasteiger partial charge on any atom is 0.269 e. The first kappa shape index (κ1) is 17.8. The van der Waals surface area contributed by atoms with Gasteiger partial charge in [0.25, 0.3) is 5.69 Å². The van der Waals surface area contributed by atoms with Gasteiger partial charge in [0.15, 0.2) is 0 Å². The fourth-order valence-corrected chi connectivity index (χ4v) is 2.52. The van der Waals surface area contributed by atoms with E-state index in [9.17, 15) is 10.1 Å². The van der Waals surface area contributed by atoms with Gasteiger partial charge in [-0.25, -0.2) is 0 Å². The highest BCUT2D eigenvalue weighted by Crippen LogP contribution is 2.19. The number of benzene rings is 3. The summed E-state index contributed by atoms with van der Waals surface area (Å²) < 4.78 is 5.82. The molecule has 0 aromatic heterocycles. The molecule has 1 N–H and O–H groups in total. The number of rotatable bonds is 7. The van der Waals surface area contributed by atoms with Crippen molar-refractivity contribution in [2.45, 2.75) is 13.2 Å². The molecule has 5 nitrogen and oxygen atoms in total. The lowest BCUT2D eigenvalue weighted by Gasteiger charge is -2.10. The van der Waals surface area contributed by atoms with Crippen LogP contribution in [-0.2, 0) is 13.2 Å². The smallest absolute Gasteiger partial charge is 0.269 e. The molecule has 0 saturated carbocycles. The number of nitro groups is 1. The average molecular weight is 369 g/mol. The molecule has 0 bridgehead atoms. The highest BCUT2D eigenvalue weighted by atomic mass is 35.5. The van der Waals surface area contributed by atoms with Crippen LogP contribution in [0.2, 0.25) is 5.02 Å². The predicted molar refractivity (Wildman–Crippen MR) is 103 cm³/mol. The van der Waals surface area contributed by atoms with Gasteiger partial charge in [-0.3, -0.25) is 10.1 Å². The topological polar surface area (TPSA) is 64.4 Å². The third kappa shape index (κ3) is 4.97. The molecule has 0 amide bonds. The van der Waals surface area contributed by atoms with Crippen molar-refractivity contribution in [3.8, 4) is 5.75 Å². The first-order chi connectivity index (χ1) is 12.6. The molecule has 0 unspecified atom stereocenters. The molecule has 26 heavy (non-hydrogen) atoms. The second kappa shape index (κ2) is 8.36. The number of ether oxygens (including phenoxy) is 1. The van der Waals surface area contributed by atoms with E-state index in [0.717, 1.165) is 22.6 Å². The predicted octanol–water partition coefficient (Wildman–Crippen LogP) is 5.44. The molecule has 0 fully saturated rings. The van der Waals surface area contributed by atoms with Gasteiger partial charge in [0, 0.05) is 29.4 Å². The molecule has 0 aliphatic carbocycles. The average Bonchev–Trinajstić information content (AvgIpc) is 2.66. The van der Waals surface area contributed by atoms with Gasteiger partial charge in [-0.15, -0.1) is 0 Å². The minimum Gasteiger partial charge on any atom is -0.489 e. The molecule has 132 valence electrons. The van der Waals surface area contributed by atoms with Crippen LogP contribution in [0, 0.1) is 10.1 Å². The number of halogens is 1. The Kier molecular flexibility index (Phi) is 5.71. The summed E-state index contributed by atoms with van der Waals surface area (Å²) >= 11 is 5.88. The summed E-state index contributed by atoms with van der Waals surface area (Å²) in [6.07, 6.45) is 0. The highest BCUT2D eigenvalue weighted by molar-refractivity contribution is 6.30. The van der Waals surface area contributed by atoms with Crippen molar-refractivity contribution in [3.63, 3.8) is 0 Å². The van der Waals surface area contributed by atoms with Crippen LogP contribution in [0.1, 0.15) is 11.1 Å². The number of non-ortho nitro benzene ring substituents is 1. The quantitative estimate of drug-likeness (QED) is 0.445. The molecule has 0 heterocycles. The monoisotopic (exact) mass is 368 g/mol. The molecule has 3 aromatic carbocycles. The fourth-order valence-electron chi connectivity index (χ4n) is 2.40. The zero-order chi connectivity index (χ0) is 18.4. The molecule has 0 saturated heterocycles. The summed E-state index contributed by atoms with van der Waals surface area (Å²) in [6.45, 7) is 1.06. The third-order valence-electron chi connectivity index (χ3n) is 3.79. The van der Waals surface area contributed by atoms with Gasteiger partial charge in [0.05, 0.1) is 4.92 Å². The summed E-state index contributed by atoms with van der Waals surface area (Å²) in [6, 6.07) is 21.7. The Hall–Kier alpha value is -3.05. The van der Waals surface area contributed by atoms with Crippen molar-refractivity contribution < 1.29 is 9.66 Å². The van der Waals surface area contributed by atoms with Crippen LogP contribution in [-0.4, -0.2) is 4.92 Å². The minimum atomic E-state index is -0.411. The molecule has 3 rings (SSSR count). The van der Waals surface area contributed by atoms with Crippen LogP contribution in [0.15, 0.2) is 72.8 Å². The Bertz CT molecular complexity index is 880. The van der Waals surface area contributed by atoms with Crippen LogP contribution >= 0.6 is 11.6 Å². The summed E-state index contributed by atoms with van der Waals surface area (Å²) in [4.78, 5) is 10.3. The molecule has 6 heteroatoms. The van der Waals surface area contributed by atoms with Gasteiger partial charge < -0.3 is 10.1 Å². The van der Waals surface area contributed by atoms with Gasteiger partial charge >= 0.3 is 0 Å². The molecule has 0 aliphatic heterocycles. The highest BCUT2D eigenvalue weighted by Gasteiger charge is 2.04. The van der Waals surface area contributed by atoms with Crippen LogP contribution in [0.25, 0.3) is 0 Å². The standard InChI is InChI=1S/C20H17ClN2O3/c21-17-6-4-15(5-7-17)14-26-20-3-1-2-16(12-20)13-22-18-8-10-19(11-9-18)23(24)25/h1-12,22H,13-14H2. The molecule has 0 spiro atoms. The molecule has 0 radical (unpaired) electrons. The Labute approximate surface area is 156 Å². The SMILES string of the molecule is O=[N+]([O-])c1ccc(NCc2cccc(OCc3ccc(Cl)cc3)c2)cc1. The Morgan fingerprint density at radius 2 is 1.69 bits per heavy atom. The van der Waals surface area contributed by atoms with Crippen LogP contribution in [0.4, 0.5) is 11.4 Å². The molecular formula is C20H17ClN2O3. The summed E-state index contributed by atoms with van der Waals surface area (Å²) in [7, 11) is 0. The number of nitrogens with zero attached hydrogens (tertiary/aromatic N) is 1.